The van der Waals surface area contributed by atoms with Gasteiger partial charge < -0.3 is 5.11 Å². The second kappa shape index (κ2) is 6.49. The third-order valence-corrected chi connectivity index (χ3v) is 6.40. The maximum Gasteiger partial charge on any atom is 0.129 e. The van der Waals surface area contributed by atoms with Crippen LogP contribution in [0.3, 0.4) is 0 Å². The second-order valence-electron chi connectivity index (χ2n) is 7.55. The van der Waals surface area contributed by atoms with Gasteiger partial charge in [0.05, 0.1) is 4.47 Å². The number of aromatic hydroxyl groups is 1. The van der Waals surface area contributed by atoms with Gasteiger partial charge in [0, 0.05) is 11.1 Å². The largest absolute Gasteiger partial charge is 0.507 e. The molecule has 0 aliphatic carbocycles. The minimum atomic E-state index is 0.218. The van der Waals surface area contributed by atoms with Crippen molar-refractivity contribution < 1.29 is 5.11 Å². The van der Waals surface area contributed by atoms with Gasteiger partial charge in [0.1, 0.15) is 5.75 Å². The Kier molecular flexibility index (Phi) is 3.75. The smallest absolute Gasteiger partial charge is 0.129 e. The molecule has 1 nitrogen and oxygen atoms in total. The highest BCUT2D eigenvalue weighted by Gasteiger charge is 2.12. The lowest BCUT2D eigenvalue weighted by Gasteiger charge is -2.14. The van der Waals surface area contributed by atoms with E-state index in [1.54, 1.807) is 6.07 Å². The molecular formula is C28H15BrO. The van der Waals surface area contributed by atoms with E-state index in [4.69, 9.17) is 0 Å². The van der Waals surface area contributed by atoms with Gasteiger partial charge in [0.25, 0.3) is 0 Å². The van der Waals surface area contributed by atoms with Crippen LogP contribution in [0.25, 0.3) is 43.1 Å². The molecule has 0 aliphatic rings. The number of benzene rings is 6. The summed E-state index contributed by atoms with van der Waals surface area (Å²) >= 11 is 3.36. The quantitative estimate of drug-likeness (QED) is 0.144. The van der Waals surface area contributed by atoms with Crippen LogP contribution in [-0.4, -0.2) is 5.11 Å². The van der Waals surface area contributed by atoms with Gasteiger partial charge in [-0.15, -0.1) is 0 Å². The van der Waals surface area contributed by atoms with Crippen molar-refractivity contribution in [2.75, 3.05) is 0 Å². The van der Waals surface area contributed by atoms with E-state index in [9.17, 15) is 5.11 Å². The van der Waals surface area contributed by atoms with E-state index in [0.29, 0.717) is 4.47 Å². The lowest BCUT2D eigenvalue weighted by Crippen LogP contribution is -1.88. The highest BCUT2D eigenvalue weighted by atomic mass is 79.9. The van der Waals surface area contributed by atoms with Gasteiger partial charge in [-0.2, -0.15) is 0 Å². The van der Waals surface area contributed by atoms with Gasteiger partial charge in [0.2, 0.25) is 0 Å². The maximum absolute atomic E-state index is 9.71. The summed E-state index contributed by atoms with van der Waals surface area (Å²) in [4.78, 5) is 0. The van der Waals surface area contributed by atoms with E-state index in [1.165, 1.54) is 43.1 Å². The average molecular weight is 447 g/mol. The van der Waals surface area contributed by atoms with Crippen molar-refractivity contribution >= 4 is 59.0 Å². The molecular weight excluding hydrogens is 432 g/mol. The molecule has 6 aromatic carbocycles. The fourth-order valence-electron chi connectivity index (χ4n) is 4.46. The summed E-state index contributed by atoms with van der Waals surface area (Å²) in [6.45, 7) is 0. The van der Waals surface area contributed by atoms with Crippen LogP contribution >= 0.6 is 15.9 Å². The molecule has 6 rings (SSSR count). The number of rotatable bonds is 0. The van der Waals surface area contributed by atoms with Crippen molar-refractivity contribution in [2.24, 2.45) is 0 Å². The lowest BCUT2D eigenvalue weighted by molar-refractivity contribution is 0.472. The van der Waals surface area contributed by atoms with Crippen molar-refractivity contribution in [3.8, 4) is 17.6 Å². The predicted molar refractivity (Wildman–Crippen MR) is 129 cm³/mol. The molecule has 0 unspecified atom stereocenters. The van der Waals surface area contributed by atoms with Crippen LogP contribution < -0.4 is 0 Å². The van der Waals surface area contributed by atoms with E-state index in [2.05, 4.69) is 94.5 Å². The van der Waals surface area contributed by atoms with Gasteiger partial charge in [-0.3, -0.25) is 0 Å². The number of hydrogen-bond acceptors (Lipinski definition) is 1. The molecule has 0 saturated carbocycles. The summed E-state index contributed by atoms with van der Waals surface area (Å²) in [5, 5.41) is 19.9. The van der Waals surface area contributed by atoms with Gasteiger partial charge in [-0.25, -0.2) is 0 Å². The van der Waals surface area contributed by atoms with Crippen LogP contribution in [0, 0.1) is 11.8 Å². The summed E-state index contributed by atoms with van der Waals surface area (Å²) < 4.78 is 0.649. The van der Waals surface area contributed by atoms with Gasteiger partial charge in [-0.1, -0.05) is 66.4 Å². The molecule has 0 saturated heterocycles. The summed E-state index contributed by atoms with van der Waals surface area (Å²) in [5.41, 5.74) is 1.84. The molecule has 0 aliphatic heterocycles. The predicted octanol–water partition coefficient (Wildman–Crippen LogP) is 7.61. The molecule has 0 spiro atoms. The van der Waals surface area contributed by atoms with E-state index in [-0.39, 0.29) is 5.75 Å². The molecule has 2 heteroatoms. The third-order valence-electron chi connectivity index (χ3n) is 5.76. The van der Waals surface area contributed by atoms with Crippen molar-refractivity contribution in [1.29, 1.82) is 0 Å². The molecule has 0 bridgehead atoms. The SMILES string of the molecule is Oc1ccc(C#Cc2cc3cccc4c5cccc6cccc(c(c2)c34)c65)cc1Br. The Labute approximate surface area is 182 Å². The third kappa shape index (κ3) is 2.56. The molecule has 0 amide bonds. The zero-order valence-electron chi connectivity index (χ0n) is 15.9. The molecule has 0 radical (unpaired) electrons. The van der Waals surface area contributed by atoms with Crippen LogP contribution in [0.4, 0.5) is 0 Å². The minimum absolute atomic E-state index is 0.218. The fourth-order valence-corrected chi connectivity index (χ4v) is 4.83. The first kappa shape index (κ1) is 17.3. The minimum Gasteiger partial charge on any atom is -0.507 e. The average Bonchev–Trinajstić information content (AvgIpc) is 2.77. The monoisotopic (exact) mass is 446 g/mol. The van der Waals surface area contributed by atoms with Crippen molar-refractivity contribution in [3.63, 3.8) is 0 Å². The summed E-state index contributed by atoms with van der Waals surface area (Å²) in [7, 11) is 0. The van der Waals surface area contributed by atoms with Crippen LogP contribution in [0.5, 0.6) is 5.75 Å². The van der Waals surface area contributed by atoms with E-state index in [1.807, 2.05) is 12.1 Å². The molecule has 0 heterocycles. The van der Waals surface area contributed by atoms with E-state index >= 15 is 0 Å². The topological polar surface area (TPSA) is 20.2 Å². The second-order valence-corrected chi connectivity index (χ2v) is 8.41. The van der Waals surface area contributed by atoms with Gasteiger partial charge in [-0.05, 0) is 89.4 Å². The molecule has 0 atom stereocenters. The first-order valence-corrected chi connectivity index (χ1v) is 10.6. The Hall–Kier alpha value is -3.54. The Morgan fingerprint density at radius 3 is 1.87 bits per heavy atom. The zero-order valence-corrected chi connectivity index (χ0v) is 17.5. The molecule has 140 valence electrons. The summed E-state index contributed by atoms with van der Waals surface area (Å²) in [6, 6.07) is 29.3. The van der Waals surface area contributed by atoms with E-state index < -0.39 is 0 Å². The van der Waals surface area contributed by atoms with Crippen molar-refractivity contribution in [3.05, 3.63) is 101 Å². The normalized spacial score (nSPS) is 11.4. The van der Waals surface area contributed by atoms with Gasteiger partial charge >= 0.3 is 0 Å². The Balaban J connectivity index is 1.68. The molecule has 6 aromatic rings. The first-order valence-electron chi connectivity index (χ1n) is 9.79. The molecule has 1 N–H and O–H groups in total. The van der Waals surface area contributed by atoms with Gasteiger partial charge in [0.15, 0.2) is 0 Å². The standard InChI is InChI=1S/C28H15BrO/c29-25-16-17(12-13-26(25)30)10-11-18-14-20-6-3-8-22-21-7-1-4-19-5-2-9-23(27(19)21)24(15-18)28(20)22/h1-9,12-16,30H. The van der Waals surface area contributed by atoms with E-state index in [0.717, 1.165) is 11.1 Å². The number of phenols is 1. The molecule has 30 heavy (non-hydrogen) atoms. The van der Waals surface area contributed by atoms with Crippen LogP contribution in [0.1, 0.15) is 11.1 Å². The molecule has 0 aromatic heterocycles. The Bertz CT molecular complexity index is 1660. The van der Waals surface area contributed by atoms with Crippen LogP contribution in [0.15, 0.2) is 89.4 Å². The van der Waals surface area contributed by atoms with Crippen LogP contribution in [-0.2, 0) is 0 Å². The number of halogens is 1. The molecule has 0 fully saturated rings. The highest BCUT2D eigenvalue weighted by molar-refractivity contribution is 9.10. The first-order chi connectivity index (χ1) is 14.7. The fraction of sp³-hybridized carbons (Fsp3) is 0. The number of hydrogen-bond donors (Lipinski definition) is 1. The highest BCUT2D eigenvalue weighted by Crippen LogP contribution is 2.40. The lowest BCUT2D eigenvalue weighted by atomic mass is 9.89. The maximum atomic E-state index is 9.71. The zero-order chi connectivity index (χ0) is 20.2. The summed E-state index contributed by atoms with van der Waals surface area (Å²) in [6.07, 6.45) is 0. The number of phenolic OH excluding ortho intramolecular Hbond substituents is 1. The van der Waals surface area contributed by atoms with Crippen LogP contribution in [0.2, 0.25) is 0 Å². The Morgan fingerprint density at radius 2 is 1.17 bits per heavy atom. The Morgan fingerprint density at radius 1 is 0.567 bits per heavy atom. The van der Waals surface area contributed by atoms with Crippen molar-refractivity contribution in [1.82, 2.24) is 0 Å². The van der Waals surface area contributed by atoms with Crippen molar-refractivity contribution in [2.45, 2.75) is 0 Å². The summed E-state index contributed by atoms with van der Waals surface area (Å²) in [5.74, 6) is 6.77. The number of fused-ring (bicyclic) bond motifs is 2.